The van der Waals surface area contributed by atoms with E-state index < -0.39 is 5.97 Å². The molecule has 0 fully saturated rings. The Bertz CT molecular complexity index is 74.2. The molecule has 0 aliphatic heterocycles. The highest BCUT2D eigenvalue weighted by molar-refractivity contribution is 5.68. The third-order valence-corrected chi connectivity index (χ3v) is 0.451. The van der Waals surface area contributed by atoms with Crippen LogP contribution in [0.3, 0.4) is 0 Å². The predicted octanol–water partition coefficient (Wildman–Crippen LogP) is -1.55. The Hall–Kier alpha value is -0.650. The lowest BCUT2D eigenvalue weighted by Crippen LogP contribution is -2.20. The zero-order valence-corrected chi connectivity index (χ0v) is 5.66. The minimum Gasteiger partial charge on any atom is -0.480 e. The van der Waals surface area contributed by atoms with Crippen molar-refractivity contribution < 1.29 is 9.90 Å². The molecule has 0 aromatic heterocycles. The summed E-state index contributed by atoms with van der Waals surface area (Å²) in [5.41, 5.74) is 0. The monoisotopic (exact) mass is 135 g/mol. The summed E-state index contributed by atoms with van der Waals surface area (Å²) in [5.74, 6) is 7.21. The van der Waals surface area contributed by atoms with E-state index in [9.17, 15) is 4.79 Å². The SMILES string of the molecule is CN(C)CC(=O)O.NN. The van der Waals surface area contributed by atoms with E-state index in [0.29, 0.717) is 0 Å². The van der Waals surface area contributed by atoms with Gasteiger partial charge in [0.15, 0.2) is 0 Å². The van der Waals surface area contributed by atoms with Crippen molar-refractivity contribution in [1.82, 2.24) is 4.90 Å². The highest BCUT2D eigenvalue weighted by atomic mass is 16.4. The number of carbonyl (C=O) groups is 1. The van der Waals surface area contributed by atoms with Crippen LogP contribution in [-0.4, -0.2) is 36.6 Å². The predicted molar refractivity (Wildman–Crippen MR) is 34.6 cm³/mol. The summed E-state index contributed by atoms with van der Waals surface area (Å²) in [6.45, 7) is 0.111. The summed E-state index contributed by atoms with van der Waals surface area (Å²) in [4.78, 5) is 11.4. The average molecular weight is 135 g/mol. The van der Waals surface area contributed by atoms with Gasteiger partial charge in [0.05, 0.1) is 6.54 Å². The van der Waals surface area contributed by atoms with Gasteiger partial charge in [0.25, 0.3) is 0 Å². The molecule has 0 heterocycles. The molecule has 0 saturated carbocycles. The van der Waals surface area contributed by atoms with Crippen molar-refractivity contribution in [2.75, 3.05) is 20.6 Å². The Balaban J connectivity index is 0. The van der Waals surface area contributed by atoms with Gasteiger partial charge in [0.2, 0.25) is 0 Å². The molecule has 5 nitrogen and oxygen atoms in total. The Kier molecular flexibility index (Phi) is 9.14. The molecule has 0 spiro atoms. The summed E-state index contributed by atoms with van der Waals surface area (Å²) >= 11 is 0. The van der Waals surface area contributed by atoms with E-state index in [1.54, 1.807) is 19.0 Å². The van der Waals surface area contributed by atoms with Crippen LogP contribution in [0.4, 0.5) is 0 Å². The Labute approximate surface area is 54.2 Å². The van der Waals surface area contributed by atoms with Crippen molar-refractivity contribution in [3.63, 3.8) is 0 Å². The fourth-order valence-corrected chi connectivity index (χ4v) is 0.271. The Morgan fingerprint density at radius 1 is 1.56 bits per heavy atom. The largest absolute Gasteiger partial charge is 0.480 e. The number of nitrogens with two attached hydrogens (primary N) is 2. The van der Waals surface area contributed by atoms with Crippen molar-refractivity contribution in [3.05, 3.63) is 0 Å². The van der Waals surface area contributed by atoms with Gasteiger partial charge in [-0.2, -0.15) is 0 Å². The third-order valence-electron chi connectivity index (χ3n) is 0.451. The summed E-state index contributed by atoms with van der Waals surface area (Å²) in [7, 11) is 3.43. The van der Waals surface area contributed by atoms with Crippen molar-refractivity contribution in [1.29, 1.82) is 0 Å². The van der Waals surface area contributed by atoms with Gasteiger partial charge in [-0.1, -0.05) is 0 Å². The van der Waals surface area contributed by atoms with Crippen molar-refractivity contribution in [2.24, 2.45) is 11.7 Å². The van der Waals surface area contributed by atoms with Gasteiger partial charge in [0.1, 0.15) is 0 Å². The molecule has 0 radical (unpaired) electrons. The Morgan fingerprint density at radius 2 is 1.89 bits per heavy atom. The first kappa shape index (κ1) is 11.2. The van der Waals surface area contributed by atoms with E-state index in [0.717, 1.165) is 0 Å². The molecule has 0 unspecified atom stereocenters. The van der Waals surface area contributed by atoms with E-state index >= 15 is 0 Å². The van der Waals surface area contributed by atoms with Gasteiger partial charge < -0.3 is 5.11 Å². The number of carboxylic acids is 1. The number of nitrogens with zero attached hydrogens (tertiary/aromatic N) is 1. The van der Waals surface area contributed by atoms with Crippen molar-refractivity contribution >= 4 is 5.97 Å². The van der Waals surface area contributed by atoms with Crippen LogP contribution < -0.4 is 11.7 Å². The zero-order chi connectivity index (χ0) is 7.86. The lowest BCUT2D eigenvalue weighted by molar-refractivity contribution is -0.137. The van der Waals surface area contributed by atoms with Crippen LogP contribution in [0.1, 0.15) is 0 Å². The maximum Gasteiger partial charge on any atom is 0.317 e. The van der Waals surface area contributed by atoms with Crippen LogP contribution in [0.2, 0.25) is 0 Å². The van der Waals surface area contributed by atoms with Crippen LogP contribution in [0.25, 0.3) is 0 Å². The van der Waals surface area contributed by atoms with E-state index in [4.69, 9.17) is 5.11 Å². The number of aliphatic carboxylic acids is 1. The van der Waals surface area contributed by atoms with E-state index in [1.807, 2.05) is 0 Å². The summed E-state index contributed by atoms with van der Waals surface area (Å²) in [6, 6.07) is 0. The standard InChI is InChI=1S/C4H9NO2.H4N2/c1-5(2)3-4(6)7;1-2/h3H2,1-2H3,(H,6,7);1-2H2. The summed E-state index contributed by atoms with van der Waals surface area (Å²) < 4.78 is 0. The van der Waals surface area contributed by atoms with Crippen LogP contribution in [0.15, 0.2) is 0 Å². The molecule has 56 valence electrons. The topological polar surface area (TPSA) is 92.6 Å². The number of hydrogen-bond donors (Lipinski definition) is 3. The Morgan fingerprint density at radius 3 is 1.89 bits per heavy atom. The van der Waals surface area contributed by atoms with E-state index in [2.05, 4.69) is 11.7 Å². The fourth-order valence-electron chi connectivity index (χ4n) is 0.271. The molecule has 0 atom stereocenters. The van der Waals surface area contributed by atoms with Gasteiger partial charge in [0, 0.05) is 0 Å². The van der Waals surface area contributed by atoms with Crippen molar-refractivity contribution in [2.45, 2.75) is 0 Å². The maximum atomic E-state index is 9.77. The fraction of sp³-hybridized carbons (Fsp3) is 0.750. The molecule has 5 heteroatoms. The number of rotatable bonds is 2. The molecule has 0 aromatic carbocycles. The molecule has 0 saturated heterocycles. The molecule has 0 aromatic rings. The van der Waals surface area contributed by atoms with Gasteiger partial charge in [-0.3, -0.25) is 21.4 Å². The second-order valence-corrected chi connectivity index (χ2v) is 1.63. The average Bonchev–Trinajstić information content (AvgIpc) is 1.68. The second kappa shape index (κ2) is 7.35. The first-order valence-corrected chi connectivity index (χ1v) is 2.33. The third kappa shape index (κ3) is 18.7. The molecule has 0 bridgehead atoms. The van der Waals surface area contributed by atoms with Gasteiger partial charge in [-0.05, 0) is 14.1 Å². The molecular formula is C4H13N3O2. The normalized spacial score (nSPS) is 8.11. The number of hydrogen-bond acceptors (Lipinski definition) is 4. The maximum absolute atomic E-state index is 9.77. The van der Waals surface area contributed by atoms with Gasteiger partial charge >= 0.3 is 5.97 Å². The van der Waals surface area contributed by atoms with Crippen LogP contribution in [0, 0.1) is 0 Å². The first-order valence-electron chi connectivity index (χ1n) is 2.33. The number of likely N-dealkylation sites (N-methyl/N-ethyl adjacent to an activating group) is 1. The highest BCUT2D eigenvalue weighted by Crippen LogP contribution is 1.69. The molecule has 9 heavy (non-hydrogen) atoms. The quantitative estimate of drug-likeness (QED) is 0.315. The second-order valence-electron chi connectivity index (χ2n) is 1.63. The molecule has 0 rings (SSSR count). The molecule has 0 amide bonds. The molecule has 5 N–H and O–H groups in total. The van der Waals surface area contributed by atoms with Crippen LogP contribution >= 0.6 is 0 Å². The molecule has 0 aliphatic rings. The van der Waals surface area contributed by atoms with Crippen LogP contribution in [-0.2, 0) is 4.79 Å². The first-order chi connectivity index (χ1) is 4.13. The lowest BCUT2D eigenvalue weighted by atomic mass is 10.6. The summed E-state index contributed by atoms with van der Waals surface area (Å²) in [6.07, 6.45) is 0. The van der Waals surface area contributed by atoms with Gasteiger partial charge in [-0.25, -0.2) is 0 Å². The number of hydrazine groups is 1. The smallest absolute Gasteiger partial charge is 0.317 e. The number of carboxylic acid groups (broad SMARTS) is 1. The lowest BCUT2D eigenvalue weighted by Gasteiger charge is -2.01. The zero-order valence-electron chi connectivity index (χ0n) is 5.66. The van der Waals surface area contributed by atoms with Crippen LogP contribution in [0.5, 0.6) is 0 Å². The van der Waals surface area contributed by atoms with E-state index in [1.165, 1.54) is 0 Å². The summed E-state index contributed by atoms with van der Waals surface area (Å²) in [5, 5.41) is 8.04. The van der Waals surface area contributed by atoms with E-state index in [-0.39, 0.29) is 6.54 Å². The highest BCUT2D eigenvalue weighted by Gasteiger charge is 1.94. The van der Waals surface area contributed by atoms with Gasteiger partial charge in [-0.15, -0.1) is 0 Å². The van der Waals surface area contributed by atoms with Crippen molar-refractivity contribution in [3.8, 4) is 0 Å². The minimum atomic E-state index is -0.787. The minimum absolute atomic E-state index is 0.111. The molecular weight excluding hydrogens is 122 g/mol. The molecule has 0 aliphatic carbocycles.